The summed E-state index contributed by atoms with van der Waals surface area (Å²) in [5.74, 6) is 0.579. The molecular weight excluding hydrogens is 216 g/mol. The van der Waals surface area contributed by atoms with Crippen molar-refractivity contribution in [1.82, 2.24) is 0 Å². The van der Waals surface area contributed by atoms with Gasteiger partial charge in [-0.3, -0.25) is 0 Å². The van der Waals surface area contributed by atoms with Crippen LogP contribution >= 0.6 is 11.6 Å². The zero-order valence-electron chi connectivity index (χ0n) is 10.1. The highest BCUT2D eigenvalue weighted by Crippen LogP contribution is 2.35. The molecule has 0 heterocycles. The van der Waals surface area contributed by atoms with Gasteiger partial charge in [-0.2, -0.15) is 0 Å². The van der Waals surface area contributed by atoms with Crippen LogP contribution in [-0.2, 0) is 6.42 Å². The molecule has 1 saturated carbocycles. The highest BCUT2D eigenvalue weighted by Gasteiger charge is 2.22. The molecule has 1 heteroatoms. The van der Waals surface area contributed by atoms with Crippen molar-refractivity contribution in [3.05, 3.63) is 35.4 Å². The second kappa shape index (κ2) is 5.72. The number of hydrogen-bond acceptors (Lipinski definition) is 0. The SMILES string of the molecule is CCc1ccc(C2CCCCCC2Cl)cc1. The zero-order valence-corrected chi connectivity index (χ0v) is 10.8. The Morgan fingerprint density at radius 3 is 2.44 bits per heavy atom. The van der Waals surface area contributed by atoms with Gasteiger partial charge in [0, 0.05) is 11.3 Å². The fraction of sp³-hybridized carbons (Fsp3) is 0.600. The maximum atomic E-state index is 6.50. The van der Waals surface area contributed by atoms with E-state index in [2.05, 4.69) is 31.2 Å². The Hall–Kier alpha value is -0.490. The summed E-state index contributed by atoms with van der Waals surface area (Å²) in [4.78, 5) is 0. The average molecular weight is 237 g/mol. The number of aryl methyl sites for hydroxylation is 1. The third-order valence-corrected chi connectivity index (χ3v) is 4.27. The third kappa shape index (κ3) is 2.79. The minimum absolute atomic E-state index is 0.343. The summed E-state index contributed by atoms with van der Waals surface area (Å²) in [5.41, 5.74) is 2.86. The van der Waals surface area contributed by atoms with Gasteiger partial charge in [0.05, 0.1) is 0 Å². The quantitative estimate of drug-likeness (QED) is 0.506. The van der Waals surface area contributed by atoms with Crippen LogP contribution in [0.4, 0.5) is 0 Å². The van der Waals surface area contributed by atoms with Gasteiger partial charge in [-0.1, -0.05) is 50.5 Å². The number of benzene rings is 1. The first-order valence-corrected chi connectivity index (χ1v) is 6.98. The molecule has 1 aliphatic carbocycles. The molecule has 0 aromatic heterocycles. The average Bonchev–Trinajstić information content (AvgIpc) is 2.54. The van der Waals surface area contributed by atoms with Crippen molar-refractivity contribution in [2.24, 2.45) is 0 Å². The fourth-order valence-corrected chi connectivity index (χ4v) is 3.06. The second-order valence-corrected chi connectivity index (χ2v) is 5.42. The fourth-order valence-electron chi connectivity index (χ4n) is 2.64. The molecule has 0 N–H and O–H groups in total. The Bertz CT molecular complexity index is 315. The zero-order chi connectivity index (χ0) is 11.4. The molecule has 1 aromatic rings. The predicted molar refractivity (Wildman–Crippen MR) is 71.3 cm³/mol. The minimum atomic E-state index is 0.343. The molecule has 0 aliphatic heterocycles. The molecule has 0 amide bonds. The minimum Gasteiger partial charge on any atom is -0.122 e. The molecule has 0 spiro atoms. The molecule has 1 aliphatic rings. The lowest BCUT2D eigenvalue weighted by Crippen LogP contribution is -2.11. The summed E-state index contributed by atoms with van der Waals surface area (Å²) in [5, 5.41) is 0.343. The first-order valence-electron chi connectivity index (χ1n) is 6.54. The van der Waals surface area contributed by atoms with Crippen molar-refractivity contribution in [2.75, 3.05) is 0 Å². The molecule has 0 radical (unpaired) electrons. The van der Waals surface area contributed by atoms with Crippen LogP contribution in [0.1, 0.15) is 56.1 Å². The number of hydrogen-bond donors (Lipinski definition) is 0. The normalized spacial score (nSPS) is 26.4. The van der Waals surface area contributed by atoms with Gasteiger partial charge in [-0.05, 0) is 30.4 Å². The Labute approximate surface area is 104 Å². The van der Waals surface area contributed by atoms with Crippen LogP contribution in [0.25, 0.3) is 0 Å². The molecular formula is C15H21Cl. The van der Waals surface area contributed by atoms with E-state index in [4.69, 9.17) is 11.6 Å². The molecule has 2 unspecified atom stereocenters. The first kappa shape index (κ1) is 12.0. The summed E-state index contributed by atoms with van der Waals surface area (Å²) in [6, 6.07) is 9.07. The van der Waals surface area contributed by atoms with Crippen molar-refractivity contribution in [3.63, 3.8) is 0 Å². The molecule has 0 saturated heterocycles. The number of rotatable bonds is 2. The smallest absolute Gasteiger partial charge is 0.0404 e. The Kier molecular flexibility index (Phi) is 4.29. The van der Waals surface area contributed by atoms with Crippen LogP contribution in [0.15, 0.2) is 24.3 Å². The summed E-state index contributed by atoms with van der Waals surface area (Å²) < 4.78 is 0. The lowest BCUT2D eigenvalue weighted by molar-refractivity contribution is 0.600. The molecule has 88 valence electrons. The lowest BCUT2D eigenvalue weighted by Gasteiger charge is -2.20. The largest absolute Gasteiger partial charge is 0.122 e. The molecule has 2 rings (SSSR count). The van der Waals surface area contributed by atoms with E-state index in [1.54, 1.807) is 0 Å². The van der Waals surface area contributed by atoms with E-state index in [0.717, 1.165) is 6.42 Å². The Morgan fingerprint density at radius 1 is 1.06 bits per heavy atom. The molecule has 1 aromatic carbocycles. The number of halogens is 1. The lowest BCUT2D eigenvalue weighted by atomic mass is 9.90. The van der Waals surface area contributed by atoms with Crippen molar-refractivity contribution < 1.29 is 0 Å². The molecule has 16 heavy (non-hydrogen) atoms. The van der Waals surface area contributed by atoms with Crippen LogP contribution in [0, 0.1) is 0 Å². The molecule has 0 nitrogen and oxygen atoms in total. The highest BCUT2D eigenvalue weighted by molar-refractivity contribution is 6.21. The Balaban J connectivity index is 2.14. The van der Waals surface area contributed by atoms with Crippen LogP contribution in [-0.4, -0.2) is 5.38 Å². The maximum absolute atomic E-state index is 6.50. The molecule has 0 bridgehead atoms. The Morgan fingerprint density at radius 2 is 1.75 bits per heavy atom. The second-order valence-electron chi connectivity index (χ2n) is 4.86. The van der Waals surface area contributed by atoms with Crippen molar-refractivity contribution in [1.29, 1.82) is 0 Å². The van der Waals surface area contributed by atoms with E-state index in [9.17, 15) is 0 Å². The first-order chi connectivity index (χ1) is 7.81. The third-order valence-electron chi connectivity index (χ3n) is 3.75. The van der Waals surface area contributed by atoms with Crippen molar-refractivity contribution >= 4 is 11.6 Å². The van der Waals surface area contributed by atoms with E-state index in [1.807, 2.05) is 0 Å². The van der Waals surface area contributed by atoms with E-state index in [1.165, 1.54) is 43.2 Å². The predicted octanol–water partition coefficient (Wildman–Crippen LogP) is 4.90. The van der Waals surface area contributed by atoms with Gasteiger partial charge in [0.25, 0.3) is 0 Å². The summed E-state index contributed by atoms with van der Waals surface area (Å²) in [7, 11) is 0. The van der Waals surface area contributed by atoms with Crippen LogP contribution < -0.4 is 0 Å². The summed E-state index contributed by atoms with van der Waals surface area (Å²) in [6.45, 7) is 2.20. The van der Waals surface area contributed by atoms with Gasteiger partial charge in [0.1, 0.15) is 0 Å². The number of alkyl halides is 1. The molecule has 1 fully saturated rings. The van der Waals surface area contributed by atoms with Gasteiger partial charge in [0.2, 0.25) is 0 Å². The van der Waals surface area contributed by atoms with E-state index in [0.29, 0.717) is 11.3 Å². The van der Waals surface area contributed by atoms with Gasteiger partial charge in [-0.15, -0.1) is 11.6 Å². The van der Waals surface area contributed by atoms with Gasteiger partial charge in [-0.25, -0.2) is 0 Å². The monoisotopic (exact) mass is 236 g/mol. The summed E-state index contributed by atoms with van der Waals surface area (Å²) in [6.07, 6.45) is 7.56. The van der Waals surface area contributed by atoms with Crippen molar-refractivity contribution in [2.45, 2.75) is 56.7 Å². The molecule has 2 atom stereocenters. The van der Waals surface area contributed by atoms with Gasteiger partial charge >= 0.3 is 0 Å². The van der Waals surface area contributed by atoms with Crippen LogP contribution in [0.3, 0.4) is 0 Å². The highest BCUT2D eigenvalue weighted by atomic mass is 35.5. The maximum Gasteiger partial charge on any atom is 0.0404 e. The van der Waals surface area contributed by atoms with E-state index < -0.39 is 0 Å². The van der Waals surface area contributed by atoms with E-state index in [-0.39, 0.29) is 0 Å². The van der Waals surface area contributed by atoms with Crippen molar-refractivity contribution in [3.8, 4) is 0 Å². The van der Waals surface area contributed by atoms with Gasteiger partial charge < -0.3 is 0 Å². The van der Waals surface area contributed by atoms with Crippen LogP contribution in [0.5, 0.6) is 0 Å². The summed E-state index contributed by atoms with van der Waals surface area (Å²) >= 11 is 6.50. The van der Waals surface area contributed by atoms with E-state index >= 15 is 0 Å². The topological polar surface area (TPSA) is 0 Å². The van der Waals surface area contributed by atoms with Crippen LogP contribution in [0.2, 0.25) is 0 Å². The standard InChI is InChI=1S/C15H21Cl/c1-2-12-8-10-13(11-9-12)14-6-4-3-5-7-15(14)16/h8-11,14-15H,2-7H2,1H3. The van der Waals surface area contributed by atoms with Gasteiger partial charge in [0.15, 0.2) is 0 Å².